The lowest BCUT2D eigenvalue weighted by Gasteiger charge is -2.02. The first-order valence-electron chi connectivity index (χ1n) is 5.42. The summed E-state index contributed by atoms with van der Waals surface area (Å²) in [5.41, 5.74) is 1.42. The van der Waals surface area contributed by atoms with Crippen LogP contribution in [0.25, 0.3) is 5.52 Å². The van der Waals surface area contributed by atoms with Gasteiger partial charge in [-0.2, -0.15) is 0 Å². The highest BCUT2D eigenvalue weighted by atomic mass is 79.9. The smallest absolute Gasteiger partial charge is 0.337 e. The molecule has 0 spiro atoms. The van der Waals surface area contributed by atoms with E-state index >= 15 is 0 Å². The van der Waals surface area contributed by atoms with E-state index in [4.69, 9.17) is 4.74 Å². The van der Waals surface area contributed by atoms with Crippen molar-refractivity contribution < 1.29 is 9.53 Å². The third-order valence-corrected chi connectivity index (χ3v) is 3.15. The van der Waals surface area contributed by atoms with Crippen LogP contribution in [0.4, 0.5) is 0 Å². The number of ether oxygens (including phenoxy) is 1. The van der Waals surface area contributed by atoms with Gasteiger partial charge in [0.05, 0.1) is 18.2 Å². The summed E-state index contributed by atoms with van der Waals surface area (Å²) in [6.07, 6.45) is 3.79. The second-order valence-electron chi connectivity index (χ2n) is 3.73. The fourth-order valence-corrected chi connectivity index (χ4v) is 2.26. The van der Waals surface area contributed by atoms with Gasteiger partial charge >= 0.3 is 5.97 Å². The number of methoxy groups -OCH3 is 1. The molecule has 0 radical (unpaired) electrons. The Kier molecular flexibility index (Phi) is 3.47. The zero-order valence-electron chi connectivity index (χ0n) is 9.74. The summed E-state index contributed by atoms with van der Waals surface area (Å²) in [5, 5.41) is 0. The van der Waals surface area contributed by atoms with Gasteiger partial charge in [-0.05, 0) is 34.5 Å². The number of hydrogen-bond acceptors (Lipinski definition) is 3. The molecule has 2 rings (SSSR count). The molecule has 0 unspecified atom stereocenters. The summed E-state index contributed by atoms with van der Waals surface area (Å²) in [6, 6.07) is 3.52. The largest absolute Gasteiger partial charge is 0.465 e. The minimum atomic E-state index is -0.336. The molecule has 0 aliphatic carbocycles. The van der Waals surface area contributed by atoms with Crippen molar-refractivity contribution in [3.05, 3.63) is 34.3 Å². The topological polar surface area (TPSA) is 43.6 Å². The third kappa shape index (κ3) is 2.20. The number of fused-ring (bicyclic) bond motifs is 1. The number of pyridine rings is 1. The number of aromatic nitrogens is 2. The number of aryl methyl sites for hydroxylation is 1. The van der Waals surface area contributed by atoms with E-state index in [1.165, 1.54) is 7.11 Å². The molecule has 0 amide bonds. The molecule has 0 aliphatic heterocycles. The predicted octanol–water partition coefficient (Wildman–Crippen LogP) is 2.84. The van der Waals surface area contributed by atoms with Gasteiger partial charge < -0.3 is 9.14 Å². The van der Waals surface area contributed by atoms with Crippen molar-refractivity contribution in [2.75, 3.05) is 7.11 Å². The maximum absolute atomic E-state index is 11.4. The molecule has 0 N–H and O–H groups in total. The molecule has 0 atom stereocenters. The molecule has 0 fully saturated rings. The number of halogens is 1. The molecule has 0 saturated carbocycles. The van der Waals surface area contributed by atoms with Crippen LogP contribution in [0.15, 0.2) is 22.9 Å². The summed E-state index contributed by atoms with van der Waals surface area (Å²) < 4.78 is 7.44. The van der Waals surface area contributed by atoms with Crippen LogP contribution in [0.2, 0.25) is 0 Å². The molecule has 5 heteroatoms. The van der Waals surface area contributed by atoms with Gasteiger partial charge in [-0.15, -0.1) is 0 Å². The fraction of sp³-hybridized carbons (Fsp3) is 0.333. The molecule has 90 valence electrons. The maximum Gasteiger partial charge on any atom is 0.337 e. The first kappa shape index (κ1) is 12.1. The Balaban J connectivity index is 2.55. The molecule has 0 aliphatic rings. The number of imidazole rings is 1. The number of esters is 1. The van der Waals surface area contributed by atoms with Crippen LogP contribution < -0.4 is 0 Å². The Labute approximate surface area is 108 Å². The van der Waals surface area contributed by atoms with Gasteiger partial charge in [0.2, 0.25) is 0 Å². The van der Waals surface area contributed by atoms with Crippen LogP contribution in [-0.2, 0) is 11.2 Å². The molecule has 2 aromatic rings. The minimum absolute atomic E-state index is 0.336. The lowest BCUT2D eigenvalue weighted by atomic mass is 10.2. The van der Waals surface area contributed by atoms with Gasteiger partial charge in [-0.1, -0.05) is 6.92 Å². The summed E-state index contributed by atoms with van der Waals surface area (Å²) in [5.74, 6) is 0.656. The van der Waals surface area contributed by atoms with Crippen LogP contribution in [0, 0.1) is 0 Å². The van der Waals surface area contributed by atoms with Crippen LogP contribution in [0.1, 0.15) is 29.5 Å². The van der Waals surface area contributed by atoms with Crippen molar-refractivity contribution in [3.63, 3.8) is 0 Å². The second-order valence-corrected chi connectivity index (χ2v) is 4.48. The SMILES string of the molecule is CCCc1nc(Br)c2cc(C(=O)OC)ccn12. The number of rotatable bonds is 3. The van der Waals surface area contributed by atoms with E-state index in [1.54, 1.807) is 12.1 Å². The van der Waals surface area contributed by atoms with E-state index in [2.05, 4.69) is 27.8 Å². The molecule has 0 bridgehead atoms. The van der Waals surface area contributed by atoms with E-state index in [0.717, 1.165) is 28.8 Å². The molecule has 2 aromatic heterocycles. The van der Waals surface area contributed by atoms with Crippen molar-refractivity contribution in [1.29, 1.82) is 0 Å². The Morgan fingerprint density at radius 3 is 3.00 bits per heavy atom. The molecule has 0 saturated heterocycles. The lowest BCUT2D eigenvalue weighted by Crippen LogP contribution is -2.02. The van der Waals surface area contributed by atoms with Gasteiger partial charge in [0.15, 0.2) is 0 Å². The van der Waals surface area contributed by atoms with Gasteiger partial charge in [0.25, 0.3) is 0 Å². The third-order valence-electron chi connectivity index (χ3n) is 2.57. The summed E-state index contributed by atoms with van der Waals surface area (Å²) in [6.45, 7) is 2.11. The van der Waals surface area contributed by atoms with Crippen molar-refractivity contribution in [2.45, 2.75) is 19.8 Å². The van der Waals surface area contributed by atoms with Crippen LogP contribution in [0.3, 0.4) is 0 Å². The quantitative estimate of drug-likeness (QED) is 0.818. The van der Waals surface area contributed by atoms with Crippen molar-refractivity contribution in [3.8, 4) is 0 Å². The Hall–Kier alpha value is -1.36. The first-order valence-corrected chi connectivity index (χ1v) is 6.21. The predicted molar refractivity (Wildman–Crippen MR) is 68.2 cm³/mol. The second kappa shape index (κ2) is 4.87. The summed E-state index contributed by atoms with van der Waals surface area (Å²) in [7, 11) is 1.38. The lowest BCUT2D eigenvalue weighted by molar-refractivity contribution is 0.0600. The highest BCUT2D eigenvalue weighted by Crippen LogP contribution is 2.21. The molecule has 0 aromatic carbocycles. The standard InChI is InChI=1S/C12H13BrN2O2/c1-3-4-10-14-11(13)9-7-8(12(16)17-2)5-6-15(9)10/h5-7H,3-4H2,1-2H3. The van der Waals surface area contributed by atoms with Crippen LogP contribution in [-0.4, -0.2) is 22.5 Å². The summed E-state index contributed by atoms with van der Waals surface area (Å²) >= 11 is 3.41. The highest BCUT2D eigenvalue weighted by Gasteiger charge is 2.12. The van der Waals surface area contributed by atoms with Crippen LogP contribution >= 0.6 is 15.9 Å². The van der Waals surface area contributed by atoms with E-state index in [1.807, 2.05) is 10.6 Å². The molecular formula is C12H13BrN2O2. The van der Waals surface area contributed by atoms with Gasteiger partial charge in [0.1, 0.15) is 10.4 Å². The average molecular weight is 297 g/mol. The van der Waals surface area contributed by atoms with Crippen LogP contribution in [0.5, 0.6) is 0 Å². The number of hydrogen-bond donors (Lipinski definition) is 0. The van der Waals surface area contributed by atoms with Gasteiger partial charge in [-0.3, -0.25) is 0 Å². The van der Waals surface area contributed by atoms with E-state index in [-0.39, 0.29) is 5.97 Å². The first-order chi connectivity index (χ1) is 8.17. The van der Waals surface area contributed by atoms with Crippen molar-refractivity contribution in [2.24, 2.45) is 0 Å². The van der Waals surface area contributed by atoms with Gasteiger partial charge in [-0.25, -0.2) is 9.78 Å². The molecule has 2 heterocycles. The molecule has 4 nitrogen and oxygen atoms in total. The monoisotopic (exact) mass is 296 g/mol. The van der Waals surface area contributed by atoms with Crippen molar-refractivity contribution >= 4 is 27.4 Å². The van der Waals surface area contributed by atoms with Gasteiger partial charge in [0, 0.05) is 12.6 Å². The van der Waals surface area contributed by atoms with E-state index in [9.17, 15) is 4.79 Å². The number of carbonyl (C=O) groups excluding carboxylic acids is 1. The zero-order valence-corrected chi connectivity index (χ0v) is 11.3. The Morgan fingerprint density at radius 1 is 1.59 bits per heavy atom. The minimum Gasteiger partial charge on any atom is -0.465 e. The normalized spacial score (nSPS) is 10.8. The molecular weight excluding hydrogens is 284 g/mol. The zero-order chi connectivity index (χ0) is 12.4. The maximum atomic E-state index is 11.4. The van der Waals surface area contributed by atoms with E-state index < -0.39 is 0 Å². The number of carbonyl (C=O) groups is 1. The number of nitrogens with zero attached hydrogens (tertiary/aromatic N) is 2. The fourth-order valence-electron chi connectivity index (χ4n) is 1.75. The highest BCUT2D eigenvalue weighted by molar-refractivity contribution is 9.10. The Bertz CT molecular complexity index is 563. The summed E-state index contributed by atoms with van der Waals surface area (Å²) in [4.78, 5) is 15.9. The van der Waals surface area contributed by atoms with E-state index in [0.29, 0.717) is 5.56 Å². The van der Waals surface area contributed by atoms with Crippen molar-refractivity contribution in [1.82, 2.24) is 9.38 Å². The Morgan fingerprint density at radius 2 is 2.35 bits per heavy atom. The molecule has 17 heavy (non-hydrogen) atoms. The average Bonchev–Trinajstić information content (AvgIpc) is 2.65.